The van der Waals surface area contributed by atoms with E-state index in [0.717, 1.165) is 32.4 Å². The number of carbonyl (C=O) groups excluding carboxylic acids is 2. The molecular formula is C19H27ClFN3O2. The van der Waals surface area contributed by atoms with E-state index in [1.165, 1.54) is 11.0 Å². The molecule has 0 aromatic heterocycles. The molecule has 0 aliphatic carbocycles. The lowest BCUT2D eigenvalue weighted by Crippen LogP contribution is -2.43. The van der Waals surface area contributed by atoms with Crippen molar-refractivity contribution in [3.05, 3.63) is 30.1 Å². The largest absolute Gasteiger partial charge is 0.334 e. The number of halogens is 2. The molecule has 2 heterocycles. The van der Waals surface area contributed by atoms with Crippen LogP contribution < -0.4 is 10.2 Å². The Morgan fingerprint density at radius 2 is 1.96 bits per heavy atom. The molecular weight excluding hydrogens is 357 g/mol. The van der Waals surface area contributed by atoms with Crippen LogP contribution in [0.4, 0.5) is 10.1 Å². The van der Waals surface area contributed by atoms with E-state index < -0.39 is 11.9 Å². The Kier molecular flexibility index (Phi) is 7.41. The van der Waals surface area contributed by atoms with Crippen molar-refractivity contribution in [2.24, 2.45) is 5.92 Å². The molecule has 144 valence electrons. The number of piperidine rings is 1. The van der Waals surface area contributed by atoms with Crippen LogP contribution in [0.1, 0.15) is 32.1 Å². The molecule has 1 aromatic carbocycles. The van der Waals surface area contributed by atoms with Gasteiger partial charge in [-0.3, -0.25) is 9.59 Å². The van der Waals surface area contributed by atoms with E-state index in [-0.39, 0.29) is 24.2 Å². The van der Waals surface area contributed by atoms with Crippen LogP contribution in [0, 0.1) is 11.7 Å². The van der Waals surface area contributed by atoms with Gasteiger partial charge in [-0.25, -0.2) is 4.39 Å². The van der Waals surface area contributed by atoms with Gasteiger partial charge in [0.05, 0.1) is 5.69 Å². The van der Waals surface area contributed by atoms with Crippen molar-refractivity contribution in [1.29, 1.82) is 0 Å². The Hall–Kier alpha value is -1.66. The fraction of sp³-hybridized carbons (Fsp3) is 0.579. The molecule has 0 spiro atoms. The second-order valence-corrected chi connectivity index (χ2v) is 6.98. The summed E-state index contributed by atoms with van der Waals surface area (Å²) in [5, 5.41) is 3.32. The zero-order valence-corrected chi connectivity index (χ0v) is 15.9. The van der Waals surface area contributed by atoms with Crippen LogP contribution in [0.3, 0.4) is 0 Å². The fourth-order valence-corrected chi connectivity index (χ4v) is 3.78. The summed E-state index contributed by atoms with van der Waals surface area (Å²) in [5.74, 6) is -0.000683. The molecule has 7 heteroatoms. The third-order valence-electron chi connectivity index (χ3n) is 5.41. The molecule has 1 N–H and O–H groups in total. The highest BCUT2D eigenvalue weighted by Gasteiger charge is 2.37. The SMILES string of the molecule is CN(C(=O)CCC1CCNCC1)C1CCN(c2ccccc2F)C1=O.Cl. The number of hydrogen-bond donors (Lipinski definition) is 1. The van der Waals surface area contributed by atoms with Gasteiger partial charge in [0.2, 0.25) is 11.8 Å². The maximum atomic E-state index is 13.9. The van der Waals surface area contributed by atoms with Crippen molar-refractivity contribution in [1.82, 2.24) is 10.2 Å². The van der Waals surface area contributed by atoms with Gasteiger partial charge in [0, 0.05) is 20.0 Å². The van der Waals surface area contributed by atoms with E-state index in [1.807, 2.05) is 0 Å². The van der Waals surface area contributed by atoms with Gasteiger partial charge in [0.1, 0.15) is 11.9 Å². The molecule has 1 aromatic rings. The van der Waals surface area contributed by atoms with Crippen molar-refractivity contribution < 1.29 is 14.0 Å². The summed E-state index contributed by atoms with van der Waals surface area (Å²) >= 11 is 0. The molecule has 2 fully saturated rings. The standard InChI is InChI=1S/C19H26FN3O2.ClH/c1-22(18(24)7-6-14-8-11-21-12-9-14)17-10-13-23(19(17)25)16-5-3-2-4-15(16)20;/h2-5,14,17,21H,6-13H2,1H3;1H. The Labute approximate surface area is 160 Å². The fourth-order valence-electron chi connectivity index (χ4n) is 3.78. The summed E-state index contributed by atoms with van der Waals surface area (Å²) in [6, 6.07) is 5.79. The first-order chi connectivity index (χ1) is 12.1. The number of carbonyl (C=O) groups is 2. The van der Waals surface area contributed by atoms with Gasteiger partial charge >= 0.3 is 0 Å². The molecule has 2 aliphatic heterocycles. The summed E-state index contributed by atoms with van der Waals surface area (Å²) in [7, 11) is 1.69. The summed E-state index contributed by atoms with van der Waals surface area (Å²) in [6.07, 6.45) is 4.12. The van der Waals surface area contributed by atoms with Crippen LogP contribution in [-0.4, -0.2) is 49.4 Å². The Morgan fingerprint density at radius 1 is 1.27 bits per heavy atom. The van der Waals surface area contributed by atoms with E-state index in [4.69, 9.17) is 0 Å². The van der Waals surface area contributed by atoms with E-state index in [2.05, 4.69) is 5.32 Å². The van der Waals surface area contributed by atoms with Crippen molar-refractivity contribution in [3.8, 4) is 0 Å². The lowest BCUT2D eigenvalue weighted by atomic mass is 9.93. The third kappa shape index (κ3) is 4.54. The molecule has 2 amide bonds. The van der Waals surface area contributed by atoms with Gasteiger partial charge in [-0.05, 0) is 56.8 Å². The first kappa shape index (κ1) is 20.6. The van der Waals surface area contributed by atoms with Crippen LogP contribution >= 0.6 is 12.4 Å². The van der Waals surface area contributed by atoms with Crippen molar-refractivity contribution in [2.75, 3.05) is 31.6 Å². The molecule has 0 bridgehead atoms. The quantitative estimate of drug-likeness (QED) is 0.850. The molecule has 2 saturated heterocycles. The second-order valence-electron chi connectivity index (χ2n) is 6.98. The zero-order chi connectivity index (χ0) is 17.8. The minimum Gasteiger partial charge on any atom is -0.334 e. The smallest absolute Gasteiger partial charge is 0.249 e. The number of nitrogens with zero attached hydrogens (tertiary/aromatic N) is 2. The molecule has 3 rings (SSSR count). The maximum Gasteiger partial charge on any atom is 0.249 e. The van der Waals surface area contributed by atoms with Crippen LogP contribution in [-0.2, 0) is 9.59 Å². The lowest BCUT2D eigenvalue weighted by molar-refractivity contribution is -0.137. The van der Waals surface area contributed by atoms with Gasteiger partial charge in [0.25, 0.3) is 0 Å². The number of benzene rings is 1. The number of amides is 2. The monoisotopic (exact) mass is 383 g/mol. The predicted octanol–water partition coefficient (Wildman–Crippen LogP) is 2.59. The summed E-state index contributed by atoms with van der Waals surface area (Å²) < 4.78 is 13.9. The summed E-state index contributed by atoms with van der Waals surface area (Å²) in [5.41, 5.74) is 0.297. The van der Waals surface area contributed by atoms with Gasteiger partial charge in [0.15, 0.2) is 0 Å². The highest BCUT2D eigenvalue weighted by atomic mass is 35.5. The Bertz CT molecular complexity index is 637. The Balaban J connectivity index is 0.00000243. The number of nitrogens with one attached hydrogen (secondary N) is 1. The normalized spacial score (nSPS) is 20.8. The highest BCUT2D eigenvalue weighted by molar-refractivity contribution is 6.01. The molecule has 26 heavy (non-hydrogen) atoms. The van der Waals surface area contributed by atoms with Crippen LogP contribution in [0.25, 0.3) is 0 Å². The maximum absolute atomic E-state index is 13.9. The van der Waals surface area contributed by atoms with Gasteiger partial charge in [-0.2, -0.15) is 0 Å². The van der Waals surface area contributed by atoms with Crippen LogP contribution in [0.15, 0.2) is 24.3 Å². The van der Waals surface area contributed by atoms with Gasteiger partial charge in [-0.15, -0.1) is 12.4 Å². The van der Waals surface area contributed by atoms with Crippen molar-refractivity contribution in [3.63, 3.8) is 0 Å². The first-order valence-electron chi connectivity index (χ1n) is 9.10. The summed E-state index contributed by atoms with van der Waals surface area (Å²) in [4.78, 5) is 28.2. The van der Waals surface area contributed by atoms with E-state index in [1.54, 1.807) is 30.1 Å². The van der Waals surface area contributed by atoms with Crippen molar-refractivity contribution >= 4 is 29.9 Å². The third-order valence-corrected chi connectivity index (χ3v) is 5.41. The van der Waals surface area contributed by atoms with Crippen LogP contribution in [0.2, 0.25) is 0 Å². The average molecular weight is 384 g/mol. The van der Waals surface area contributed by atoms with E-state index in [9.17, 15) is 14.0 Å². The predicted molar refractivity (Wildman–Crippen MR) is 102 cm³/mol. The second kappa shape index (κ2) is 9.33. The molecule has 1 atom stereocenters. The van der Waals surface area contributed by atoms with E-state index in [0.29, 0.717) is 31.0 Å². The first-order valence-corrected chi connectivity index (χ1v) is 9.10. The number of hydrogen-bond acceptors (Lipinski definition) is 3. The number of likely N-dealkylation sites (N-methyl/N-ethyl adjacent to an activating group) is 1. The van der Waals surface area contributed by atoms with Crippen molar-refractivity contribution in [2.45, 2.75) is 38.1 Å². The minimum absolute atomic E-state index is 0. The number of rotatable bonds is 5. The number of para-hydroxylation sites is 1. The molecule has 0 saturated carbocycles. The minimum atomic E-state index is -0.486. The van der Waals surface area contributed by atoms with Gasteiger partial charge < -0.3 is 15.1 Å². The molecule has 1 unspecified atom stereocenters. The van der Waals surface area contributed by atoms with E-state index >= 15 is 0 Å². The zero-order valence-electron chi connectivity index (χ0n) is 15.1. The van der Waals surface area contributed by atoms with Gasteiger partial charge in [-0.1, -0.05) is 12.1 Å². The molecule has 5 nitrogen and oxygen atoms in total. The van der Waals surface area contributed by atoms with Crippen LogP contribution in [0.5, 0.6) is 0 Å². The molecule has 2 aliphatic rings. The highest BCUT2D eigenvalue weighted by Crippen LogP contribution is 2.27. The number of anilines is 1. The average Bonchev–Trinajstić information content (AvgIpc) is 3.01. The topological polar surface area (TPSA) is 52.7 Å². The summed E-state index contributed by atoms with van der Waals surface area (Å²) in [6.45, 7) is 2.48. The molecule has 0 radical (unpaired) electrons. The Morgan fingerprint density at radius 3 is 2.65 bits per heavy atom. The lowest BCUT2D eigenvalue weighted by Gasteiger charge is -2.26.